The van der Waals surface area contributed by atoms with Gasteiger partial charge in [0, 0.05) is 6.54 Å². The molecule has 216 valence electrons. The molecule has 11 nitrogen and oxygen atoms in total. The maximum absolute atomic E-state index is 13.3. The molecule has 0 radical (unpaired) electrons. The van der Waals surface area contributed by atoms with Gasteiger partial charge in [-0.15, -0.1) is 0 Å². The Hall–Kier alpha value is -3.96. The third-order valence-electron chi connectivity index (χ3n) is 6.42. The number of benzene rings is 2. The highest BCUT2D eigenvalue weighted by atomic mass is 16.5. The number of carbonyl (C=O) groups excluding carboxylic acids is 4. The first-order chi connectivity index (χ1) is 19.3. The average molecular weight is 554 g/mol. The molecule has 3 rings (SSSR count). The van der Waals surface area contributed by atoms with E-state index in [9.17, 15) is 24.3 Å². The maximum Gasteiger partial charge on any atom is 0.255 e. The van der Waals surface area contributed by atoms with Crippen molar-refractivity contribution in [3.05, 3.63) is 65.7 Å². The smallest absolute Gasteiger partial charge is 0.255 e. The second-order valence-corrected chi connectivity index (χ2v) is 10.0. The van der Waals surface area contributed by atoms with E-state index in [1.807, 2.05) is 49.3 Å². The topological polar surface area (TPSA) is 149 Å². The number of fused-ring (bicyclic) bond motifs is 1. The average Bonchev–Trinajstić information content (AvgIpc) is 2.94. The van der Waals surface area contributed by atoms with Gasteiger partial charge < -0.3 is 36.0 Å². The van der Waals surface area contributed by atoms with Gasteiger partial charge >= 0.3 is 0 Å². The number of para-hydroxylation sites is 1. The molecule has 0 aliphatic carbocycles. The van der Waals surface area contributed by atoms with Gasteiger partial charge in [0.25, 0.3) is 5.91 Å². The monoisotopic (exact) mass is 553 g/mol. The summed E-state index contributed by atoms with van der Waals surface area (Å²) in [6, 6.07) is 13.1. The highest BCUT2D eigenvalue weighted by molar-refractivity contribution is 6.01. The van der Waals surface area contributed by atoms with Crippen LogP contribution in [0.15, 0.2) is 54.6 Å². The second kappa shape index (κ2) is 15.6. The zero-order valence-electron chi connectivity index (χ0n) is 23.0. The minimum atomic E-state index is -1.24. The Morgan fingerprint density at radius 1 is 1.00 bits per heavy atom. The Labute approximate surface area is 234 Å². The number of hydrogen-bond donors (Lipinski definition) is 5. The van der Waals surface area contributed by atoms with Crippen LogP contribution in [0.3, 0.4) is 0 Å². The molecule has 0 spiro atoms. The summed E-state index contributed by atoms with van der Waals surface area (Å²) in [4.78, 5) is 54.2. The van der Waals surface area contributed by atoms with Crippen LogP contribution in [-0.4, -0.2) is 92.2 Å². The van der Waals surface area contributed by atoms with Crippen LogP contribution in [0.2, 0.25) is 0 Å². The Bertz CT molecular complexity index is 1140. The Morgan fingerprint density at radius 2 is 1.73 bits per heavy atom. The van der Waals surface area contributed by atoms with Gasteiger partial charge in [0.05, 0.1) is 24.6 Å². The number of hydrogen-bond acceptors (Lipinski definition) is 7. The third-order valence-corrected chi connectivity index (χ3v) is 6.42. The first-order valence-corrected chi connectivity index (χ1v) is 13.5. The molecular weight excluding hydrogens is 514 g/mol. The summed E-state index contributed by atoms with van der Waals surface area (Å²) in [5, 5.41) is 20.6. The van der Waals surface area contributed by atoms with E-state index in [0.29, 0.717) is 13.0 Å². The fourth-order valence-corrected chi connectivity index (χ4v) is 4.29. The highest BCUT2D eigenvalue weighted by Crippen LogP contribution is 2.19. The number of amides is 4. The van der Waals surface area contributed by atoms with Crippen LogP contribution >= 0.6 is 0 Å². The molecule has 0 fully saturated rings. The van der Waals surface area contributed by atoms with Gasteiger partial charge in [-0.05, 0) is 57.6 Å². The zero-order valence-corrected chi connectivity index (χ0v) is 23.0. The SMILES string of the molecule is CN(C)CCCCNC(=O)[C@@H]1CC(=O)N[C@@H](CO)C(=O)N[C@H](Cc2ccccc2)COc2ccccc2C(=O)N1. The molecule has 0 saturated heterocycles. The number of ether oxygens (including phenoxy) is 1. The number of nitrogens with one attached hydrogen (secondary N) is 4. The largest absolute Gasteiger partial charge is 0.491 e. The molecule has 40 heavy (non-hydrogen) atoms. The van der Waals surface area contributed by atoms with Gasteiger partial charge in [-0.3, -0.25) is 19.2 Å². The quantitative estimate of drug-likeness (QED) is 0.279. The molecule has 1 aliphatic rings. The number of aliphatic hydroxyl groups is 1. The van der Waals surface area contributed by atoms with E-state index < -0.39 is 54.8 Å². The molecule has 0 bridgehead atoms. The van der Waals surface area contributed by atoms with Gasteiger partial charge in [-0.2, -0.15) is 0 Å². The number of nitrogens with zero attached hydrogens (tertiary/aromatic N) is 1. The van der Waals surface area contributed by atoms with Gasteiger partial charge in [-0.25, -0.2) is 0 Å². The van der Waals surface area contributed by atoms with E-state index in [1.165, 1.54) is 0 Å². The predicted molar refractivity (Wildman–Crippen MR) is 150 cm³/mol. The summed E-state index contributed by atoms with van der Waals surface area (Å²) in [5.74, 6) is -2.07. The van der Waals surface area contributed by atoms with Gasteiger partial charge in [0.1, 0.15) is 24.4 Å². The van der Waals surface area contributed by atoms with Crippen molar-refractivity contribution < 1.29 is 29.0 Å². The minimum Gasteiger partial charge on any atom is -0.491 e. The van der Waals surface area contributed by atoms with E-state index in [2.05, 4.69) is 21.3 Å². The summed E-state index contributed by atoms with van der Waals surface area (Å²) in [6.07, 6.45) is 1.60. The van der Waals surface area contributed by atoms with Crippen molar-refractivity contribution in [2.75, 3.05) is 40.4 Å². The van der Waals surface area contributed by atoms with Crippen LogP contribution < -0.4 is 26.0 Å². The molecule has 2 aromatic rings. The lowest BCUT2D eigenvalue weighted by atomic mass is 10.1. The lowest BCUT2D eigenvalue weighted by molar-refractivity contribution is -0.132. The lowest BCUT2D eigenvalue weighted by Crippen LogP contribution is -2.55. The van der Waals surface area contributed by atoms with Crippen LogP contribution in [0, 0.1) is 0 Å². The molecule has 3 atom stereocenters. The van der Waals surface area contributed by atoms with Crippen LogP contribution in [0.4, 0.5) is 0 Å². The molecule has 2 aromatic carbocycles. The normalized spacial score (nSPS) is 20.3. The van der Waals surface area contributed by atoms with Crippen molar-refractivity contribution in [1.29, 1.82) is 0 Å². The minimum absolute atomic E-state index is 0.0217. The second-order valence-electron chi connectivity index (χ2n) is 10.0. The number of unbranched alkanes of at least 4 members (excludes halogenated alkanes) is 1. The van der Waals surface area contributed by atoms with Crippen molar-refractivity contribution in [2.45, 2.75) is 43.8 Å². The number of aliphatic hydroxyl groups excluding tert-OH is 1. The van der Waals surface area contributed by atoms with E-state index in [1.54, 1.807) is 24.3 Å². The van der Waals surface area contributed by atoms with Crippen LogP contribution in [0.5, 0.6) is 5.75 Å². The molecular formula is C29H39N5O6. The molecule has 5 N–H and O–H groups in total. The summed E-state index contributed by atoms with van der Waals surface area (Å²) in [5.41, 5.74) is 1.14. The van der Waals surface area contributed by atoms with E-state index in [-0.39, 0.29) is 17.9 Å². The summed E-state index contributed by atoms with van der Waals surface area (Å²) < 4.78 is 6.00. The molecule has 0 unspecified atom stereocenters. The van der Waals surface area contributed by atoms with Crippen molar-refractivity contribution in [3.63, 3.8) is 0 Å². The molecule has 4 amide bonds. The van der Waals surface area contributed by atoms with Crippen molar-refractivity contribution >= 4 is 23.6 Å². The Balaban J connectivity index is 1.82. The summed E-state index contributed by atoms with van der Waals surface area (Å²) in [6.45, 7) is 0.624. The Morgan fingerprint density at radius 3 is 2.45 bits per heavy atom. The third kappa shape index (κ3) is 9.65. The Kier molecular flexibility index (Phi) is 11.9. The van der Waals surface area contributed by atoms with Gasteiger partial charge in [0.2, 0.25) is 17.7 Å². The molecule has 1 heterocycles. The molecule has 1 aliphatic heterocycles. The fourth-order valence-electron chi connectivity index (χ4n) is 4.29. The lowest BCUT2D eigenvalue weighted by Gasteiger charge is -2.25. The standard InChI is InChI=1S/C29H39N5O6/c1-34(2)15-9-8-14-30-28(38)23-17-26(36)32-24(18-35)29(39)31-21(16-20-10-4-3-5-11-20)19-40-25-13-7-6-12-22(25)27(37)33-23/h3-7,10-13,21,23-24,35H,8-9,14-19H2,1-2H3,(H,30,38)(H,31,39)(H,32,36)(H,33,37)/t21-,23+,24+/m1/s1. The maximum atomic E-state index is 13.3. The van der Waals surface area contributed by atoms with Crippen molar-refractivity contribution in [2.24, 2.45) is 0 Å². The molecule has 0 aromatic heterocycles. The van der Waals surface area contributed by atoms with Crippen LogP contribution in [-0.2, 0) is 20.8 Å². The number of rotatable bonds is 9. The van der Waals surface area contributed by atoms with Gasteiger partial charge in [0.15, 0.2) is 0 Å². The fraction of sp³-hybridized carbons (Fsp3) is 0.448. The first kappa shape index (κ1) is 30.6. The van der Waals surface area contributed by atoms with Crippen molar-refractivity contribution in [3.8, 4) is 5.75 Å². The van der Waals surface area contributed by atoms with E-state index in [0.717, 1.165) is 24.9 Å². The van der Waals surface area contributed by atoms with Crippen molar-refractivity contribution in [1.82, 2.24) is 26.2 Å². The van der Waals surface area contributed by atoms with Crippen LogP contribution in [0.1, 0.15) is 35.2 Å². The molecule has 0 saturated carbocycles. The summed E-state index contributed by atoms with van der Waals surface area (Å²) in [7, 11) is 3.93. The zero-order chi connectivity index (χ0) is 28.9. The van der Waals surface area contributed by atoms with E-state index in [4.69, 9.17) is 4.74 Å². The number of carbonyl (C=O) groups is 4. The van der Waals surface area contributed by atoms with Gasteiger partial charge in [-0.1, -0.05) is 42.5 Å². The first-order valence-electron chi connectivity index (χ1n) is 13.5. The highest BCUT2D eigenvalue weighted by Gasteiger charge is 2.29. The van der Waals surface area contributed by atoms with Crippen LogP contribution in [0.25, 0.3) is 0 Å². The predicted octanol–water partition coefficient (Wildman–Crippen LogP) is 0.230. The summed E-state index contributed by atoms with van der Waals surface area (Å²) >= 11 is 0. The molecule has 11 heteroatoms. The van der Waals surface area contributed by atoms with E-state index >= 15 is 0 Å².